The van der Waals surface area contributed by atoms with Gasteiger partial charge in [-0.05, 0) is 24.6 Å². The van der Waals surface area contributed by atoms with Gasteiger partial charge in [-0.15, -0.1) is 0 Å². The third-order valence-electron chi connectivity index (χ3n) is 2.97. The van der Waals surface area contributed by atoms with Gasteiger partial charge >= 0.3 is 6.03 Å². The molecule has 3 amide bonds. The van der Waals surface area contributed by atoms with Crippen molar-refractivity contribution in [1.82, 2.24) is 16.2 Å². The van der Waals surface area contributed by atoms with Crippen molar-refractivity contribution in [1.29, 1.82) is 0 Å². The summed E-state index contributed by atoms with van der Waals surface area (Å²) in [6.45, 7) is 1.87. The molecule has 3 N–H and O–H groups in total. The highest BCUT2D eigenvalue weighted by atomic mass is 16.2. The van der Waals surface area contributed by atoms with Gasteiger partial charge in [-0.3, -0.25) is 10.2 Å². The normalized spacial score (nSPS) is 11.3. The number of nitrogens with one attached hydrogen (secondary N) is 3. The van der Waals surface area contributed by atoms with Crippen molar-refractivity contribution in [2.75, 3.05) is 0 Å². The van der Waals surface area contributed by atoms with E-state index in [1.165, 1.54) is 0 Å². The van der Waals surface area contributed by atoms with E-state index >= 15 is 0 Å². The number of carbonyl (C=O) groups is 2. The van der Waals surface area contributed by atoms with Gasteiger partial charge in [0.25, 0.3) is 5.91 Å². The van der Waals surface area contributed by atoms with Crippen LogP contribution in [0, 0.1) is 0 Å². The van der Waals surface area contributed by atoms with Crippen molar-refractivity contribution >= 4 is 11.9 Å². The summed E-state index contributed by atoms with van der Waals surface area (Å²) in [5, 5.41) is 2.74. The molecular weight excluding hydrogens is 266 g/mol. The monoisotopic (exact) mass is 283 g/mol. The van der Waals surface area contributed by atoms with Crippen LogP contribution in [0.4, 0.5) is 4.79 Å². The lowest BCUT2D eigenvalue weighted by molar-refractivity contribution is 0.0936. The molecule has 2 aromatic rings. The Morgan fingerprint density at radius 1 is 0.857 bits per heavy atom. The average molecular weight is 283 g/mol. The molecule has 0 heterocycles. The van der Waals surface area contributed by atoms with Gasteiger partial charge in [-0.2, -0.15) is 0 Å². The summed E-state index contributed by atoms with van der Waals surface area (Å²) in [4.78, 5) is 23.5. The molecule has 0 aromatic heterocycles. The van der Waals surface area contributed by atoms with Crippen LogP contribution in [0.5, 0.6) is 0 Å². The number of benzene rings is 2. The fraction of sp³-hybridized carbons (Fsp3) is 0.125. The topological polar surface area (TPSA) is 70.2 Å². The summed E-state index contributed by atoms with van der Waals surface area (Å²) in [5.74, 6) is -0.363. The van der Waals surface area contributed by atoms with Crippen molar-refractivity contribution in [3.63, 3.8) is 0 Å². The van der Waals surface area contributed by atoms with E-state index in [0.717, 1.165) is 5.56 Å². The average Bonchev–Trinajstić information content (AvgIpc) is 2.54. The lowest BCUT2D eigenvalue weighted by atomic mass is 10.1. The van der Waals surface area contributed by atoms with E-state index in [-0.39, 0.29) is 11.9 Å². The number of hydrogen-bond donors (Lipinski definition) is 3. The van der Waals surface area contributed by atoms with Crippen LogP contribution in [0.3, 0.4) is 0 Å². The third kappa shape index (κ3) is 4.35. The molecule has 0 aliphatic rings. The Labute approximate surface area is 123 Å². The molecule has 0 bridgehead atoms. The van der Waals surface area contributed by atoms with E-state index in [1.807, 2.05) is 43.3 Å². The Kier molecular flexibility index (Phi) is 4.93. The van der Waals surface area contributed by atoms with E-state index in [0.29, 0.717) is 5.56 Å². The second-order valence-corrected chi connectivity index (χ2v) is 4.55. The minimum absolute atomic E-state index is 0.153. The number of carbonyl (C=O) groups excluding carboxylic acids is 2. The van der Waals surface area contributed by atoms with Crippen LogP contribution in [0.15, 0.2) is 60.7 Å². The van der Waals surface area contributed by atoms with Crippen molar-refractivity contribution in [3.05, 3.63) is 71.8 Å². The summed E-state index contributed by atoms with van der Waals surface area (Å²) < 4.78 is 0. The Morgan fingerprint density at radius 2 is 1.43 bits per heavy atom. The fourth-order valence-corrected chi connectivity index (χ4v) is 1.83. The Morgan fingerprint density at radius 3 is 2.05 bits per heavy atom. The summed E-state index contributed by atoms with van der Waals surface area (Å²) in [5.41, 5.74) is 6.16. The van der Waals surface area contributed by atoms with Crippen LogP contribution < -0.4 is 16.2 Å². The minimum Gasteiger partial charge on any atom is -0.330 e. The van der Waals surface area contributed by atoms with Crippen LogP contribution in [-0.4, -0.2) is 11.9 Å². The van der Waals surface area contributed by atoms with Gasteiger partial charge in [-0.1, -0.05) is 48.5 Å². The van der Waals surface area contributed by atoms with Gasteiger partial charge in [0, 0.05) is 5.56 Å². The van der Waals surface area contributed by atoms with Crippen molar-refractivity contribution < 1.29 is 9.59 Å². The SMILES string of the molecule is CC(NC(=O)NNC(=O)c1ccccc1)c1ccccc1. The summed E-state index contributed by atoms with van der Waals surface area (Å²) in [6, 6.07) is 17.6. The molecule has 5 heteroatoms. The van der Waals surface area contributed by atoms with Gasteiger partial charge in [0.05, 0.1) is 6.04 Å². The van der Waals surface area contributed by atoms with E-state index < -0.39 is 6.03 Å². The first-order valence-electron chi connectivity index (χ1n) is 6.63. The number of hydrazine groups is 1. The first-order chi connectivity index (χ1) is 10.2. The summed E-state index contributed by atoms with van der Waals surface area (Å²) in [7, 11) is 0. The molecule has 0 aliphatic carbocycles. The largest absolute Gasteiger partial charge is 0.333 e. The smallest absolute Gasteiger partial charge is 0.330 e. The Hall–Kier alpha value is -2.82. The molecule has 0 spiro atoms. The quantitative estimate of drug-likeness (QED) is 0.757. The molecule has 0 saturated carbocycles. The zero-order chi connectivity index (χ0) is 15.1. The lowest BCUT2D eigenvalue weighted by Gasteiger charge is -2.15. The molecule has 2 aromatic carbocycles. The zero-order valence-electron chi connectivity index (χ0n) is 11.7. The highest BCUT2D eigenvalue weighted by molar-refractivity contribution is 5.95. The standard InChI is InChI=1S/C16H17N3O2/c1-12(13-8-4-2-5-9-13)17-16(21)19-18-15(20)14-10-6-3-7-11-14/h2-12H,1H3,(H,18,20)(H2,17,19,21). The maximum Gasteiger partial charge on any atom is 0.333 e. The predicted molar refractivity (Wildman–Crippen MR) is 80.4 cm³/mol. The van der Waals surface area contributed by atoms with Gasteiger partial charge < -0.3 is 5.32 Å². The molecule has 0 fully saturated rings. The van der Waals surface area contributed by atoms with E-state index in [2.05, 4.69) is 16.2 Å². The molecule has 0 saturated heterocycles. The van der Waals surface area contributed by atoms with E-state index in [9.17, 15) is 9.59 Å². The van der Waals surface area contributed by atoms with E-state index in [4.69, 9.17) is 0 Å². The molecule has 0 aliphatic heterocycles. The Bertz CT molecular complexity index is 599. The molecule has 5 nitrogen and oxygen atoms in total. The lowest BCUT2D eigenvalue weighted by Crippen LogP contribution is -2.47. The van der Waals surface area contributed by atoms with Crippen LogP contribution in [0.2, 0.25) is 0 Å². The predicted octanol–water partition coefficient (Wildman–Crippen LogP) is 2.39. The van der Waals surface area contributed by atoms with Gasteiger partial charge in [0.2, 0.25) is 0 Å². The number of urea groups is 1. The van der Waals surface area contributed by atoms with Crippen LogP contribution in [0.25, 0.3) is 0 Å². The van der Waals surface area contributed by atoms with Crippen molar-refractivity contribution in [3.8, 4) is 0 Å². The second kappa shape index (κ2) is 7.09. The van der Waals surface area contributed by atoms with Crippen LogP contribution >= 0.6 is 0 Å². The van der Waals surface area contributed by atoms with E-state index in [1.54, 1.807) is 24.3 Å². The number of amides is 3. The second-order valence-electron chi connectivity index (χ2n) is 4.55. The summed E-state index contributed by atoms with van der Waals surface area (Å²) >= 11 is 0. The third-order valence-corrected chi connectivity index (χ3v) is 2.97. The highest BCUT2D eigenvalue weighted by Crippen LogP contribution is 2.10. The molecule has 1 atom stereocenters. The minimum atomic E-state index is -0.462. The Balaban J connectivity index is 1.81. The molecule has 21 heavy (non-hydrogen) atoms. The molecule has 0 radical (unpaired) electrons. The van der Waals surface area contributed by atoms with Crippen molar-refractivity contribution in [2.24, 2.45) is 0 Å². The van der Waals surface area contributed by atoms with Gasteiger partial charge in [0.15, 0.2) is 0 Å². The van der Waals surface area contributed by atoms with Crippen molar-refractivity contribution in [2.45, 2.75) is 13.0 Å². The van der Waals surface area contributed by atoms with Gasteiger partial charge in [-0.25, -0.2) is 10.2 Å². The molecular formula is C16H17N3O2. The molecule has 2 rings (SSSR count). The first-order valence-corrected chi connectivity index (χ1v) is 6.63. The maximum atomic E-state index is 11.8. The fourth-order valence-electron chi connectivity index (χ4n) is 1.83. The molecule has 1 unspecified atom stereocenters. The first kappa shape index (κ1) is 14.6. The molecule has 108 valence electrons. The van der Waals surface area contributed by atoms with Crippen LogP contribution in [-0.2, 0) is 0 Å². The number of rotatable bonds is 3. The zero-order valence-corrected chi connectivity index (χ0v) is 11.7. The maximum absolute atomic E-state index is 11.8. The summed E-state index contributed by atoms with van der Waals surface area (Å²) in [6.07, 6.45) is 0. The highest BCUT2D eigenvalue weighted by Gasteiger charge is 2.10. The number of hydrogen-bond acceptors (Lipinski definition) is 2. The van der Waals surface area contributed by atoms with Crippen LogP contribution in [0.1, 0.15) is 28.9 Å². The van der Waals surface area contributed by atoms with Gasteiger partial charge in [0.1, 0.15) is 0 Å².